The number of hydrogen-bond acceptors (Lipinski definition) is 2. The fraction of sp³-hybridized carbons (Fsp3) is 0.462. The number of carbonyl (C=O) groups excluding carboxylic acids is 1. The van der Waals surface area contributed by atoms with E-state index >= 15 is 0 Å². The molecule has 1 aromatic rings. The van der Waals surface area contributed by atoms with Crippen LogP contribution in [0, 0.1) is 13.8 Å². The normalized spacial score (nSPS) is 16.7. The predicted octanol–water partition coefficient (Wildman–Crippen LogP) is 0.390. The predicted molar refractivity (Wildman–Crippen MR) is 72.5 cm³/mol. The van der Waals surface area contributed by atoms with Gasteiger partial charge in [0, 0.05) is 0 Å². The van der Waals surface area contributed by atoms with E-state index in [9.17, 15) is 4.79 Å². The zero-order valence-corrected chi connectivity index (χ0v) is 12.5. The third-order valence-electron chi connectivity index (χ3n) is 3.12. The van der Waals surface area contributed by atoms with Gasteiger partial charge in [0.25, 0.3) is 0 Å². The fourth-order valence-electron chi connectivity index (χ4n) is 2.07. The summed E-state index contributed by atoms with van der Waals surface area (Å²) in [4.78, 5) is 14.2. The van der Waals surface area contributed by atoms with Crippen molar-refractivity contribution in [2.24, 2.45) is 0 Å². The van der Waals surface area contributed by atoms with E-state index in [1.807, 2.05) is 4.90 Å². The van der Waals surface area contributed by atoms with E-state index in [0.717, 1.165) is 26.2 Å². The molecule has 92 valence electrons. The number of piperazine rings is 1. The van der Waals surface area contributed by atoms with Gasteiger partial charge in [0.2, 0.25) is 0 Å². The number of carbonyl (C=O) groups is 1. The van der Waals surface area contributed by atoms with Crippen LogP contribution in [0.25, 0.3) is 0 Å². The molecule has 0 saturated carbocycles. The molecule has 17 heavy (non-hydrogen) atoms. The number of amides is 1. The molecule has 1 aliphatic rings. The van der Waals surface area contributed by atoms with Gasteiger partial charge in [-0.2, -0.15) is 0 Å². The van der Waals surface area contributed by atoms with Gasteiger partial charge in [-0.1, -0.05) is 0 Å². The van der Waals surface area contributed by atoms with Crippen LogP contribution in [-0.4, -0.2) is 51.5 Å². The molecule has 1 atom stereocenters. The Morgan fingerprint density at radius 3 is 2.41 bits per heavy atom. The standard InChI is InChI=1S/C13H19AsN2O/c1-10-4-3-5-11(2)12(10)14-13(17)16-8-6-15-7-9-16/h3-5,14-15H,6-9H2,1-2H3. The first-order valence-electron chi connectivity index (χ1n) is 6.01. The van der Waals surface area contributed by atoms with Crippen LogP contribution in [0.4, 0.5) is 4.79 Å². The van der Waals surface area contributed by atoms with E-state index in [1.54, 1.807) is 0 Å². The molecule has 0 radical (unpaired) electrons. The van der Waals surface area contributed by atoms with Crippen LogP contribution < -0.4 is 9.67 Å². The molecule has 1 unspecified atom stereocenters. The maximum absolute atomic E-state index is 12.2. The molecular formula is C13H19AsN2O. The van der Waals surface area contributed by atoms with Crippen LogP contribution in [0.3, 0.4) is 0 Å². The van der Waals surface area contributed by atoms with Crippen molar-refractivity contribution in [2.45, 2.75) is 13.8 Å². The summed E-state index contributed by atoms with van der Waals surface area (Å²) in [5.41, 5.74) is 2.54. The van der Waals surface area contributed by atoms with E-state index in [0.29, 0.717) is 4.69 Å². The van der Waals surface area contributed by atoms with Crippen molar-refractivity contribution >= 4 is 24.8 Å². The Bertz CT molecular complexity index is 394. The van der Waals surface area contributed by atoms with Gasteiger partial charge in [-0.25, -0.2) is 0 Å². The molecule has 1 aliphatic heterocycles. The van der Waals surface area contributed by atoms with Crippen LogP contribution in [0.2, 0.25) is 0 Å². The molecule has 1 fully saturated rings. The molecule has 2 rings (SSSR count). The second-order valence-electron chi connectivity index (χ2n) is 4.43. The minimum atomic E-state index is -0.693. The first-order chi connectivity index (χ1) is 8.18. The monoisotopic (exact) mass is 294 g/mol. The van der Waals surface area contributed by atoms with E-state index in [4.69, 9.17) is 0 Å². The van der Waals surface area contributed by atoms with Crippen LogP contribution >= 0.6 is 0 Å². The molecule has 1 N–H and O–H groups in total. The summed E-state index contributed by atoms with van der Waals surface area (Å²) in [6.45, 7) is 7.82. The summed E-state index contributed by atoms with van der Waals surface area (Å²) in [5, 5.41) is 3.28. The molecule has 0 bridgehead atoms. The van der Waals surface area contributed by atoms with Crippen molar-refractivity contribution in [3.05, 3.63) is 29.3 Å². The van der Waals surface area contributed by atoms with Crippen molar-refractivity contribution in [1.82, 2.24) is 10.2 Å². The van der Waals surface area contributed by atoms with E-state index < -0.39 is 15.8 Å². The molecule has 0 aliphatic carbocycles. The average molecular weight is 294 g/mol. The number of nitrogens with one attached hydrogen (secondary N) is 1. The summed E-state index contributed by atoms with van der Waals surface area (Å²) in [5.74, 6) is 0. The molecule has 4 heteroatoms. The molecule has 3 nitrogen and oxygen atoms in total. The van der Waals surface area contributed by atoms with Crippen molar-refractivity contribution in [3.8, 4) is 0 Å². The Morgan fingerprint density at radius 1 is 1.24 bits per heavy atom. The summed E-state index contributed by atoms with van der Waals surface area (Å²) in [6.07, 6.45) is 0. The first-order valence-corrected chi connectivity index (χ1v) is 8.11. The number of hydrogen-bond donors (Lipinski definition) is 1. The Kier molecular flexibility index (Phi) is 4.24. The van der Waals surface area contributed by atoms with Gasteiger partial charge in [0.05, 0.1) is 0 Å². The fourth-order valence-corrected chi connectivity index (χ4v) is 4.49. The number of nitrogens with zero attached hydrogens (tertiary/aromatic N) is 1. The van der Waals surface area contributed by atoms with Crippen LogP contribution in [0.5, 0.6) is 0 Å². The Hall–Kier alpha value is -0.792. The van der Waals surface area contributed by atoms with E-state index in [1.165, 1.54) is 15.5 Å². The molecule has 1 heterocycles. The number of rotatable bonds is 2. The van der Waals surface area contributed by atoms with Gasteiger partial charge in [-0.15, -0.1) is 0 Å². The summed E-state index contributed by atoms with van der Waals surface area (Å²) in [7, 11) is 0. The Morgan fingerprint density at radius 2 is 1.82 bits per heavy atom. The molecule has 0 aromatic heterocycles. The quantitative estimate of drug-likeness (QED) is 0.800. The van der Waals surface area contributed by atoms with Gasteiger partial charge < -0.3 is 0 Å². The minimum absolute atomic E-state index is 0.379. The summed E-state index contributed by atoms with van der Waals surface area (Å²) < 4.78 is 1.69. The van der Waals surface area contributed by atoms with Crippen LogP contribution in [0.1, 0.15) is 11.1 Å². The Balaban J connectivity index is 2.07. The molecule has 0 spiro atoms. The topological polar surface area (TPSA) is 32.3 Å². The zero-order valence-electron chi connectivity index (χ0n) is 10.4. The number of benzene rings is 1. The average Bonchev–Trinajstić information content (AvgIpc) is 2.35. The Labute approximate surface area is 109 Å². The van der Waals surface area contributed by atoms with Crippen molar-refractivity contribution in [2.75, 3.05) is 26.2 Å². The van der Waals surface area contributed by atoms with Crippen LogP contribution in [0.15, 0.2) is 18.2 Å². The van der Waals surface area contributed by atoms with Gasteiger partial charge >= 0.3 is 109 Å². The second-order valence-corrected chi connectivity index (χ2v) is 6.90. The zero-order chi connectivity index (χ0) is 12.3. The van der Waals surface area contributed by atoms with Gasteiger partial charge in [0.1, 0.15) is 0 Å². The summed E-state index contributed by atoms with van der Waals surface area (Å²) >= 11 is -0.693. The molecule has 1 saturated heterocycles. The van der Waals surface area contributed by atoms with Crippen LogP contribution in [-0.2, 0) is 0 Å². The summed E-state index contributed by atoms with van der Waals surface area (Å²) in [6, 6.07) is 6.28. The third kappa shape index (κ3) is 3.11. The van der Waals surface area contributed by atoms with Gasteiger partial charge in [0.15, 0.2) is 0 Å². The first kappa shape index (κ1) is 12.7. The second kappa shape index (κ2) is 5.70. The maximum atomic E-state index is 12.2. The SMILES string of the molecule is Cc1cccc(C)c1[AsH]C(=O)N1CCNCC1. The van der Waals surface area contributed by atoms with E-state index in [-0.39, 0.29) is 0 Å². The molecular weight excluding hydrogens is 275 g/mol. The molecule has 1 aromatic carbocycles. The van der Waals surface area contributed by atoms with Gasteiger partial charge in [-0.05, 0) is 0 Å². The number of aryl methyl sites for hydroxylation is 2. The van der Waals surface area contributed by atoms with Gasteiger partial charge in [-0.3, -0.25) is 0 Å². The van der Waals surface area contributed by atoms with E-state index in [2.05, 4.69) is 37.4 Å². The third-order valence-corrected chi connectivity index (χ3v) is 6.41. The van der Waals surface area contributed by atoms with Crippen molar-refractivity contribution in [1.29, 1.82) is 0 Å². The van der Waals surface area contributed by atoms with Crippen molar-refractivity contribution < 1.29 is 4.79 Å². The molecule has 1 amide bonds. The van der Waals surface area contributed by atoms with Crippen molar-refractivity contribution in [3.63, 3.8) is 0 Å².